The summed E-state index contributed by atoms with van der Waals surface area (Å²) >= 11 is 0. The van der Waals surface area contributed by atoms with Crippen LogP contribution in [0.1, 0.15) is 35.3 Å². The number of hydrogen-bond acceptors (Lipinski definition) is 8. The number of nitrogens with zero attached hydrogens (tertiary/aromatic N) is 1. The summed E-state index contributed by atoms with van der Waals surface area (Å²) in [5.74, 6) is -4.65. The first-order valence-corrected chi connectivity index (χ1v) is 14.4. The van der Waals surface area contributed by atoms with Crippen molar-refractivity contribution in [1.29, 1.82) is 0 Å². The molecule has 5 amide bonds. The summed E-state index contributed by atoms with van der Waals surface area (Å²) in [6.07, 6.45) is 2.86. The van der Waals surface area contributed by atoms with Gasteiger partial charge in [0.25, 0.3) is 5.91 Å². The van der Waals surface area contributed by atoms with E-state index in [1.807, 2.05) is 0 Å². The summed E-state index contributed by atoms with van der Waals surface area (Å²) in [7, 11) is 0. The van der Waals surface area contributed by atoms with E-state index >= 15 is 0 Å². The van der Waals surface area contributed by atoms with Gasteiger partial charge in [0.05, 0.1) is 12.1 Å². The fourth-order valence-electron chi connectivity index (χ4n) is 4.21. The molecule has 0 bridgehead atoms. The number of hydrogen-bond donors (Lipinski definition) is 7. The van der Waals surface area contributed by atoms with Crippen LogP contribution in [0.3, 0.4) is 0 Å². The lowest BCUT2D eigenvalue weighted by Crippen LogP contribution is -2.56. The molecular formula is C32H36N6O8. The Morgan fingerprint density at radius 1 is 0.696 bits per heavy atom. The van der Waals surface area contributed by atoms with Crippen LogP contribution in [0.25, 0.3) is 0 Å². The van der Waals surface area contributed by atoms with Crippen molar-refractivity contribution in [2.75, 3.05) is 6.54 Å². The van der Waals surface area contributed by atoms with Gasteiger partial charge in [0.2, 0.25) is 23.6 Å². The molecule has 3 rings (SSSR count). The van der Waals surface area contributed by atoms with Crippen molar-refractivity contribution in [2.45, 2.75) is 50.9 Å². The normalized spacial score (nSPS) is 13.2. The molecule has 14 nitrogen and oxygen atoms in total. The minimum absolute atomic E-state index is 0.00425. The third-order valence-corrected chi connectivity index (χ3v) is 6.76. The van der Waals surface area contributed by atoms with Crippen LogP contribution < -0.4 is 26.6 Å². The van der Waals surface area contributed by atoms with Crippen molar-refractivity contribution in [2.24, 2.45) is 0 Å². The summed E-state index contributed by atoms with van der Waals surface area (Å²) in [6, 6.07) is 13.2. The quantitative estimate of drug-likeness (QED) is 0.120. The summed E-state index contributed by atoms with van der Waals surface area (Å²) < 4.78 is 0. The molecule has 0 saturated heterocycles. The fourth-order valence-corrected chi connectivity index (χ4v) is 4.21. The van der Waals surface area contributed by atoms with Gasteiger partial charge in [0, 0.05) is 25.2 Å². The molecule has 0 fully saturated rings. The van der Waals surface area contributed by atoms with Gasteiger partial charge in [-0.3, -0.25) is 29.0 Å². The van der Waals surface area contributed by atoms with E-state index in [0.717, 1.165) is 0 Å². The molecule has 7 N–H and O–H groups in total. The van der Waals surface area contributed by atoms with E-state index in [0.29, 0.717) is 11.1 Å². The lowest BCUT2D eigenvalue weighted by molar-refractivity contribution is -0.141. The predicted octanol–water partition coefficient (Wildman–Crippen LogP) is 0.0660. The van der Waals surface area contributed by atoms with Gasteiger partial charge in [0.1, 0.15) is 29.9 Å². The minimum atomic E-state index is -1.24. The molecule has 0 aliphatic heterocycles. The van der Waals surface area contributed by atoms with Gasteiger partial charge < -0.3 is 36.8 Å². The number of carboxylic acid groups (broad SMARTS) is 1. The Morgan fingerprint density at radius 3 is 1.96 bits per heavy atom. The van der Waals surface area contributed by atoms with Gasteiger partial charge >= 0.3 is 5.97 Å². The third kappa shape index (κ3) is 11.0. The second-order valence-electron chi connectivity index (χ2n) is 10.5. The van der Waals surface area contributed by atoms with Crippen LogP contribution in [-0.4, -0.2) is 81.4 Å². The molecule has 0 radical (unpaired) electrons. The number of nitrogens with one attached hydrogen (secondary N) is 5. The van der Waals surface area contributed by atoms with Gasteiger partial charge in [-0.25, -0.2) is 4.79 Å². The lowest BCUT2D eigenvalue weighted by atomic mass is 10.0. The van der Waals surface area contributed by atoms with Crippen molar-refractivity contribution in [3.63, 3.8) is 0 Å². The molecule has 0 aliphatic rings. The van der Waals surface area contributed by atoms with Gasteiger partial charge in [-0.15, -0.1) is 0 Å². The van der Waals surface area contributed by atoms with Crippen LogP contribution >= 0.6 is 0 Å². The number of rotatable bonds is 15. The maximum atomic E-state index is 13.3. The number of carbonyl (C=O) groups is 6. The average molecular weight is 633 g/mol. The summed E-state index contributed by atoms with van der Waals surface area (Å²) in [5, 5.41) is 31.5. The number of amides is 5. The van der Waals surface area contributed by atoms with Gasteiger partial charge in [0.15, 0.2) is 0 Å². The first-order chi connectivity index (χ1) is 21.9. The molecule has 0 saturated carbocycles. The van der Waals surface area contributed by atoms with Crippen LogP contribution in [0, 0.1) is 0 Å². The van der Waals surface area contributed by atoms with Crippen molar-refractivity contribution in [3.05, 3.63) is 95.8 Å². The molecule has 14 heteroatoms. The lowest BCUT2D eigenvalue weighted by Gasteiger charge is -2.23. The predicted molar refractivity (Wildman–Crippen MR) is 165 cm³/mol. The number of aromatic hydroxyl groups is 1. The molecule has 1 heterocycles. The number of phenols is 1. The van der Waals surface area contributed by atoms with E-state index in [4.69, 9.17) is 0 Å². The standard InChI is InChI=1S/C32H36N6O8/c1-19(28(41)34-18-27(40)37-26(32(45)46)16-21-7-4-3-5-8-21)36-31(44)25(15-22-10-12-24(39)13-11-22)38-29(42)20(2)35-30(43)23-9-6-14-33-17-23/h3-14,17,19-20,25-26,39H,15-16,18H2,1-2H3,(H,34,41)(H,35,43)(H,36,44)(H,37,40)(H,38,42)(H,45,46)/t19-,20+,25+,26+/m1/s1. The first kappa shape index (κ1) is 34.7. The highest BCUT2D eigenvalue weighted by Crippen LogP contribution is 2.12. The molecule has 3 aromatic rings. The Bertz CT molecular complexity index is 1520. The maximum absolute atomic E-state index is 13.3. The topological polar surface area (TPSA) is 216 Å². The zero-order valence-electron chi connectivity index (χ0n) is 25.2. The molecule has 46 heavy (non-hydrogen) atoms. The highest BCUT2D eigenvalue weighted by atomic mass is 16.4. The van der Waals surface area contributed by atoms with Crippen LogP contribution in [0.2, 0.25) is 0 Å². The van der Waals surface area contributed by atoms with E-state index in [1.54, 1.807) is 48.5 Å². The monoisotopic (exact) mass is 632 g/mol. The molecule has 242 valence electrons. The summed E-state index contributed by atoms with van der Waals surface area (Å²) in [6.45, 7) is 2.27. The number of aromatic nitrogens is 1. The number of carbonyl (C=O) groups excluding carboxylic acids is 5. The van der Waals surface area contributed by atoms with Crippen LogP contribution in [0.15, 0.2) is 79.1 Å². The number of carboxylic acids is 1. The van der Waals surface area contributed by atoms with Crippen molar-refractivity contribution < 1.29 is 39.0 Å². The van der Waals surface area contributed by atoms with Crippen molar-refractivity contribution in [3.8, 4) is 5.75 Å². The number of phenolic OH excluding ortho intramolecular Hbond substituents is 1. The van der Waals surface area contributed by atoms with Gasteiger partial charge in [-0.05, 0) is 49.2 Å². The third-order valence-electron chi connectivity index (χ3n) is 6.76. The zero-order valence-corrected chi connectivity index (χ0v) is 25.2. The average Bonchev–Trinajstić information content (AvgIpc) is 3.04. The van der Waals surface area contributed by atoms with E-state index in [-0.39, 0.29) is 24.2 Å². The Balaban J connectivity index is 1.58. The van der Waals surface area contributed by atoms with E-state index in [2.05, 4.69) is 31.6 Å². The Labute approximate surface area is 265 Å². The highest BCUT2D eigenvalue weighted by Gasteiger charge is 2.28. The van der Waals surface area contributed by atoms with E-state index in [9.17, 15) is 39.0 Å². The van der Waals surface area contributed by atoms with E-state index in [1.165, 1.54) is 44.4 Å². The molecular weight excluding hydrogens is 596 g/mol. The smallest absolute Gasteiger partial charge is 0.326 e. The van der Waals surface area contributed by atoms with Gasteiger partial charge in [-0.2, -0.15) is 0 Å². The Hall–Kier alpha value is -5.79. The molecule has 2 aromatic carbocycles. The first-order valence-electron chi connectivity index (χ1n) is 14.4. The zero-order chi connectivity index (χ0) is 33.6. The number of aliphatic carboxylic acids is 1. The second-order valence-corrected chi connectivity index (χ2v) is 10.5. The van der Waals surface area contributed by atoms with Gasteiger partial charge in [-0.1, -0.05) is 42.5 Å². The van der Waals surface area contributed by atoms with Crippen molar-refractivity contribution in [1.82, 2.24) is 31.6 Å². The Morgan fingerprint density at radius 2 is 1.33 bits per heavy atom. The maximum Gasteiger partial charge on any atom is 0.326 e. The van der Waals surface area contributed by atoms with Crippen LogP contribution in [-0.2, 0) is 36.8 Å². The summed E-state index contributed by atoms with van der Waals surface area (Å²) in [5.41, 5.74) is 1.53. The minimum Gasteiger partial charge on any atom is -0.508 e. The second kappa shape index (κ2) is 16.9. The fraction of sp³-hybridized carbons (Fsp3) is 0.281. The van der Waals surface area contributed by atoms with E-state index < -0.39 is 66.2 Å². The SMILES string of the molecule is C[C@H](NC(=O)c1cccnc1)C(=O)N[C@@H](Cc1ccc(O)cc1)C(=O)N[C@H](C)C(=O)NCC(=O)N[C@@H](Cc1ccccc1)C(=O)O. The number of pyridine rings is 1. The molecule has 0 unspecified atom stereocenters. The number of benzene rings is 2. The molecule has 1 aromatic heterocycles. The van der Waals surface area contributed by atoms with Crippen LogP contribution in [0.4, 0.5) is 0 Å². The molecule has 0 spiro atoms. The van der Waals surface area contributed by atoms with Crippen molar-refractivity contribution >= 4 is 35.5 Å². The largest absolute Gasteiger partial charge is 0.508 e. The Kier molecular flexibility index (Phi) is 12.7. The van der Waals surface area contributed by atoms with Crippen LogP contribution in [0.5, 0.6) is 5.75 Å². The summed E-state index contributed by atoms with van der Waals surface area (Å²) in [4.78, 5) is 79.4. The highest BCUT2D eigenvalue weighted by molar-refractivity contribution is 5.98. The molecule has 0 aliphatic carbocycles. The molecule has 4 atom stereocenters.